The van der Waals surface area contributed by atoms with E-state index in [1.165, 1.54) is 0 Å². The third-order valence-electron chi connectivity index (χ3n) is 3.61. The smallest absolute Gasteiger partial charge is 0.115 e. The van der Waals surface area contributed by atoms with E-state index in [2.05, 4.69) is 0 Å². The lowest BCUT2D eigenvalue weighted by atomic mass is 9.85. The Morgan fingerprint density at radius 2 is 0.818 bits per heavy atom. The molecule has 3 aromatic carbocycles. The van der Waals surface area contributed by atoms with E-state index in [1.807, 2.05) is 18.2 Å². The molecule has 0 amide bonds. The standard InChI is InChI=1S/C19H16O3/c20-16-7-1-4-13(10-16)19(14-5-2-8-17(21)11-14)15-6-3-9-18(22)12-15/h1-12,19-22H. The van der Waals surface area contributed by atoms with Crippen LogP contribution in [-0.2, 0) is 0 Å². The molecule has 3 nitrogen and oxygen atoms in total. The average Bonchev–Trinajstić information content (AvgIpc) is 2.48. The van der Waals surface area contributed by atoms with Crippen molar-refractivity contribution in [2.75, 3.05) is 0 Å². The van der Waals surface area contributed by atoms with Crippen LogP contribution >= 0.6 is 0 Å². The highest BCUT2D eigenvalue weighted by Gasteiger charge is 2.18. The van der Waals surface area contributed by atoms with Crippen LogP contribution in [-0.4, -0.2) is 15.3 Å². The molecule has 3 rings (SSSR count). The van der Waals surface area contributed by atoms with Crippen LogP contribution < -0.4 is 0 Å². The van der Waals surface area contributed by atoms with Crippen LogP contribution in [0.15, 0.2) is 72.8 Å². The molecular weight excluding hydrogens is 276 g/mol. The van der Waals surface area contributed by atoms with Gasteiger partial charge in [-0.3, -0.25) is 0 Å². The van der Waals surface area contributed by atoms with Gasteiger partial charge in [-0.15, -0.1) is 0 Å². The van der Waals surface area contributed by atoms with Crippen LogP contribution in [0.3, 0.4) is 0 Å². The van der Waals surface area contributed by atoms with Gasteiger partial charge in [-0.05, 0) is 53.1 Å². The van der Waals surface area contributed by atoms with Crippen LogP contribution in [0.4, 0.5) is 0 Å². The van der Waals surface area contributed by atoms with E-state index in [0.29, 0.717) is 0 Å². The summed E-state index contributed by atoms with van der Waals surface area (Å²) in [7, 11) is 0. The van der Waals surface area contributed by atoms with Crippen molar-refractivity contribution < 1.29 is 15.3 Å². The molecule has 110 valence electrons. The Morgan fingerprint density at radius 3 is 1.09 bits per heavy atom. The summed E-state index contributed by atoms with van der Waals surface area (Å²) in [6.07, 6.45) is 0. The SMILES string of the molecule is Oc1cccc(C(c2cccc(O)c2)c2cccc(O)c2)c1. The molecule has 0 heterocycles. The van der Waals surface area contributed by atoms with Gasteiger partial charge >= 0.3 is 0 Å². The summed E-state index contributed by atoms with van der Waals surface area (Å²) in [6.45, 7) is 0. The summed E-state index contributed by atoms with van der Waals surface area (Å²) < 4.78 is 0. The molecule has 0 atom stereocenters. The first-order chi connectivity index (χ1) is 10.6. The summed E-state index contributed by atoms with van der Waals surface area (Å²) in [5.74, 6) is 0.361. The monoisotopic (exact) mass is 292 g/mol. The van der Waals surface area contributed by atoms with Crippen molar-refractivity contribution in [3.8, 4) is 17.2 Å². The van der Waals surface area contributed by atoms with Gasteiger partial charge in [0.15, 0.2) is 0 Å². The third kappa shape index (κ3) is 2.88. The average molecular weight is 292 g/mol. The van der Waals surface area contributed by atoms with Crippen LogP contribution in [0.25, 0.3) is 0 Å². The van der Waals surface area contributed by atoms with E-state index < -0.39 is 0 Å². The van der Waals surface area contributed by atoms with E-state index in [4.69, 9.17) is 0 Å². The largest absolute Gasteiger partial charge is 0.508 e. The number of phenols is 3. The van der Waals surface area contributed by atoms with Crippen molar-refractivity contribution in [3.05, 3.63) is 89.5 Å². The molecule has 3 aromatic rings. The lowest BCUT2D eigenvalue weighted by molar-refractivity contribution is 0.473. The van der Waals surface area contributed by atoms with Crippen LogP contribution in [0.2, 0.25) is 0 Å². The zero-order chi connectivity index (χ0) is 15.5. The molecule has 0 spiro atoms. The van der Waals surface area contributed by atoms with Gasteiger partial charge in [-0.25, -0.2) is 0 Å². The van der Waals surface area contributed by atoms with E-state index in [0.717, 1.165) is 16.7 Å². The lowest BCUT2D eigenvalue weighted by Crippen LogP contribution is -2.03. The molecule has 0 bridgehead atoms. The number of rotatable bonds is 3. The van der Waals surface area contributed by atoms with Crippen molar-refractivity contribution in [2.45, 2.75) is 5.92 Å². The molecule has 0 saturated carbocycles. The highest BCUT2D eigenvalue weighted by atomic mass is 16.3. The van der Waals surface area contributed by atoms with Gasteiger partial charge in [0, 0.05) is 5.92 Å². The number of aromatic hydroxyl groups is 3. The van der Waals surface area contributed by atoms with Crippen LogP contribution in [0.1, 0.15) is 22.6 Å². The molecular formula is C19H16O3. The Labute approximate surface area is 128 Å². The van der Waals surface area contributed by atoms with E-state index in [9.17, 15) is 15.3 Å². The first-order valence-corrected chi connectivity index (χ1v) is 7.00. The van der Waals surface area contributed by atoms with Crippen molar-refractivity contribution in [3.63, 3.8) is 0 Å². The second-order valence-corrected chi connectivity index (χ2v) is 5.22. The van der Waals surface area contributed by atoms with Gasteiger partial charge in [-0.1, -0.05) is 36.4 Å². The summed E-state index contributed by atoms with van der Waals surface area (Å²) in [4.78, 5) is 0. The summed E-state index contributed by atoms with van der Waals surface area (Å²) in [5, 5.41) is 29.3. The minimum Gasteiger partial charge on any atom is -0.508 e. The number of benzene rings is 3. The van der Waals surface area contributed by atoms with Gasteiger partial charge in [0.2, 0.25) is 0 Å². The van der Waals surface area contributed by atoms with Crippen LogP contribution in [0.5, 0.6) is 17.2 Å². The fourth-order valence-electron chi connectivity index (χ4n) is 2.69. The Hall–Kier alpha value is -2.94. The number of hydrogen-bond donors (Lipinski definition) is 3. The normalized spacial score (nSPS) is 10.8. The highest BCUT2D eigenvalue weighted by molar-refractivity contribution is 5.48. The Kier molecular flexibility index (Phi) is 3.71. The lowest BCUT2D eigenvalue weighted by Gasteiger charge is -2.19. The molecule has 0 aliphatic rings. The zero-order valence-electron chi connectivity index (χ0n) is 11.8. The minimum absolute atomic E-state index is 0.183. The minimum atomic E-state index is -0.189. The maximum atomic E-state index is 9.77. The van der Waals surface area contributed by atoms with Crippen LogP contribution in [0, 0.1) is 0 Å². The number of hydrogen-bond acceptors (Lipinski definition) is 3. The molecule has 3 heteroatoms. The molecule has 0 aliphatic heterocycles. The second kappa shape index (κ2) is 5.82. The van der Waals surface area contributed by atoms with E-state index >= 15 is 0 Å². The van der Waals surface area contributed by atoms with Crippen molar-refractivity contribution in [1.82, 2.24) is 0 Å². The second-order valence-electron chi connectivity index (χ2n) is 5.22. The van der Waals surface area contributed by atoms with Gasteiger partial charge in [0.25, 0.3) is 0 Å². The molecule has 0 unspecified atom stereocenters. The first kappa shape index (κ1) is 14.0. The molecule has 22 heavy (non-hydrogen) atoms. The Morgan fingerprint density at radius 1 is 0.500 bits per heavy atom. The summed E-state index contributed by atoms with van der Waals surface area (Å²) >= 11 is 0. The molecule has 0 fully saturated rings. The molecule has 0 aliphatic carbocycles. The summed E-state index contributed by atoms with van der Waals surface area (Å²) in [6, 6.07) is 21.0. The maximum Gasteiger partial charge on any atom is 0.115 e. The predicted octanol–water partition coefficient (Wildman–Crippen LogP) is 3.98. The highest BCUT2D eigenvalue weighted by Crippen LogP contribution is 2.35. The molecule has 3 N–H and O–H groups in total. The van der Waals surface area contributed by atoms with Gasteiger partial charge in [0.05, 0.1) is 0 Å². The first-order valence-electron chi connectivity index (χ1n) is 7.00. The molecule has 0 radical (unpaired) electrons. The third-order valence-corrected chi connectivity index (χ3v) is 3.61. The van der Waals surface area contributed by atoms with E-state index in [1.54, 1.807) is 54.6 Å². The summed E-state index contributed by atoms with van der Waals surface area (Å²) in [5.41, 5.74) is 2.66. The molecule has 0 aromatic heterocycles. The van der Waals surface area contributed by atoms with Crippen molar-refractivity contribution in [2.24, 2.45) is 0 Å². The zero-order valence-corrected chi connectivity index (χ0v) is 11.8. The Bertz CT molecular complexity index is 688. The van der Waals surface area contributed by atoms with Gasteiger partial charge in [-0.2, -0.15) is 0 Å². The topological polar surface area (TPSA) is 60.7 Å². The fraction of sp³-hybridized carbons (Fsp3) is 0.0526. The van der Waals surface area contributed by atoms with E-state index in [-0.39, 0.29) is 23.2 Å². The molecule has 0 saturated heterocycles. The number of phenolic OH excluding ortho intramolecular Hbond substituents is 3. The van der Waals surface area contributed by atoms with Crippen molar-refractivity contribution >= 4 is 0 Å². The quantitative estimate of drug-likeness (QED) is 0.640. The Balaban J connectivity index is 2.18. The van der Waals surface area contributed by atoms with Crippen molar-refractivity contribution in [1.29, 1.82) is 0 Å². The maximum absolute atomic E-state index is 9.77. The fourth-order valence-corrected chi connectivity index (χ4v) is 2.69. The van der Waals surface area contributed by atoms with Gasteiger partial charge < -0.3 is 15.3 Å². The van der Waals surface area contributed by atoms with Gasteiger partial charge in [0.1, 0.15) is 17.2 Å². The predicted molar refractivity (Wildman–Crippen MR) is 85.3 cm³/mol.